The summed E-state index contributed by atoms with van der Waals surface area (Å²) in [5.74, 6) is 1.60. The summed E-state index contributed by atoms with van der Waals surface area (Å²) in [6.07, 6.45) is 0.425. The number of benzene rings is 1. The van der Waals surface area contributed by atoms with Gasteiger partial charge in [-0.05, 0) is 18.6 Å². The van der Waals surface area contributed by atoms with Gasteiger partial charge < -0.3 is 9.42 Å². The molecule has 1 aliphatic rings. The SMILES string of the molecule is Cc1ccccc1N1CC(c2nc(C(C)C)no2)CC1=O. The highest BCUT2D eigenvalue weighted by Gasteiger charge is 2.35. The third-order valence-electron chi connectivity index (χ3n) is 3.85. The lowest BCUT2D eigenvalue weighted by Gasteiger charge is -2.18. The van der Waals surface area contributed by atoms with Crippen molar-refractivity contribution < 1.29 is 9.32 Å². The minimum absolute atomic E-state index is 0.0166. The lowest BCUT2D eigenvalue weighted by Crippen LogP contribution is -2.25. The lowest BCUT2D eigenvalue weighted by atomic mass is 10.1. The highest BCUT2D eigenvalue weighted by atomic mass is 16.5. The molecule has 0 spiro atoms. The van der Waals surface area contributed by atoms with E-state index < -0.39 is 0 Å². The molecule has 1 atom stereocenters. The molecule has 0 aliphatic carbocycles. The summed E-state index contributed by atoms with van der Waals surface area (Å²) in [4.78, 5) is 18.5. The molecule has 1 fully saturated rings. The van der Waals surface area contributed by atoms with Gasteiger partial charge in [-0.25, -0.2) is 0 Å². The van der Waals surface area contributed by atoms with Crippen LogP contribution < -0.4 is 4.90 Å². The lowest BCUT2D eigenvalue weighted by molar-refractivity contribution is -0.117. The fraction of sp³-hybridized carbons (Fsp3) is 0.438. The van der Waals surface area contributed by atoms with Crippen molar-refractivity contribution in [3.05, 3.63) is 41.5 Å². The van der Waals surface area contributed by atoms with Crippen LogP contribution in [0, 0.1) is 6.92 Å². The highest BCUT2D eigenvalue weighted by Crippen LogP contribution is 2.32. The summed E-state index contributed by atoms with van der Waals surface area (Å²) in [7, 11) is 0. The second kappa shape index (κ2) is 5.31. The summed E-state index contributed by atoms with van der Waals surface area (Å²) in [6, 6.07) is 7.92. The Balaban J connectivity index is 1.83. The normalized spacial score (nSPS) is 18.8. The highest BCUT2D eigenvalue weighted by molar-refractivity contribution is 5.97. The largest absolute Gasteiger partial charge is 0.339 e. The van der Waals surface area contributed by atoms with Crippen LogP contribution in [0.1, 0.15) is 49.4 Å². The van der Waals surface area contributed by atoms with Gasteiger partial charge in [-0.3, -0.25) is 4.79 Å². The van der Waals surface area contributed by atoms with E-state index >= 15 is 0 Å². The number of aryl methyl sites for hydroxylation is 1. The van der Waals surface area contributed by atoms with E-state index in [2.05, 4.69) is 10.1 Å². The number of carbonyl (C=O) groups is 1. The number of aromatic nitrogens is 2. The zero-order valence-corrected chi connectivity index (χ0v) is 12.5. The number of rotatable bonds is 3. The average Bonchev–Trinajstić information content (AvgIpc) is 3.06. The van der Waals surface area contributed by atoms with Crippen LogP contribution in [0.15, 0.2) is 28.8 Å². The zero-order chi connectivity index (χ0) is 15.0. The molecule has 1 amide bonds. The van der Waals surface area contributed by atoms with E-state index in [0.29, 0.717) is 24.7 Å². The molecular formula is C16H19N3O2. The van der Waals surface area contributed by atoms with Crippen LogP contribution in [0.5, 0.6) is 0 Å². The predicted octanol–water partition coefficient (Wildman–Crippen LogP) is 3.02. The van der Waals surface area contributed by atoms with Crippen molar-refractivity contribution in [3.8, 4) is 0 Å². The third-order valence-corrected chi connectivity index (χ3v) is 3.85. The van der Waals surface area contributed by atoms with Gasteiger partial charge in [-0.2, -0.15) is 4.98 Å². The molecule has 1 saturated heterocycles. The van der Waals surface area contributed by atoms with Gasteiger partial charge in [0.05, 0.1) is 5.92 Å². The van der Waals surface area contributed by atoms with E-state index in [9.17, 15) is 4.79 Å². The topological polar surface area (TPSA) is 59.2 Å². The monoisotopic (exact) mass is 285 g/mol. The predicted molar refractivity (Wildman–Crippen MR) is 79.3 cm³/mol. The fourth-order valence-corrected chi connectivity index (χ4v) is 2.62. The molecule has 0 saturated carbocycles. The van der Waals surface area contributed by atoms with Crippen molar-refractivity contribution in [1.82, 2.24) is 10.1 Å². The first-order valence-corrected chi connectivity index (χ1v) is 7.25. The van der Waals surface area contributed by atoms with Crippen LogP contribution in [0.4, 0.5) is 5.69 Å². The van der Waals surface area contributed by atoms with Crippen molar-refractivity contribution in [1.29, 1.82) is 0 Å². The number of para-hydroxylation sites is 1. The Morgan fingerprint density at radius 2 is 2.10 bits per heavy atom. The molecule has 0 N–H and O–H groups in total. The van der Waals surface area contributed by atoms with Gasteiger partial charge in [0.2, 0.25) is 11.8 Å². The smallest absolute Gasteiger partial charge is 0.232 e. The van der Waals surface area contributed by atoms with Gasteiger partial charge in [0.25, 0.3) is 0 Å². The number of amides is 1. The molecule has 0 radical (unpaired) electrons. The van der Waals surface area contributed by atoms with Crippen molar-refractivity contribution in [2.24, 2.45) is 0 Å². The molecule has 5 nitrogen and oxygen atoms in total. The van der Waals surface area contributed by atoms with Crippen LogP contribution in [-0.2, 0) is 4.79 Å². The van der Waals surface area contributed by atoms with Gasteiger partial charge in [0.1, 0.15) is 0 Å². The molecule has 2 aromatic rings. The Bertz CT molecular complexity index is 663. The van der Waals surface area contributed by atoms with Gasteiger partial charge in [0, 0.05) is 24.6 Å². The number of nitrogens with zero attached hydrogens (tertiary/aromatic N) is 3. The van der Waals surface area contributed by atoms with Crippen LogP contribution in [0.3, 0.4) is 0 Å². The molecule has 0 bridgehead atoms. The summed E-state index contributed by atoms with van der Waals surface area (Å²) in [5, 5.41) is 3.98. The van der Waals surface area contributed by atoms with E-state index in [4.69, 9.17) is 4.52 Å². The van der Waals surface area contributed by atoms with E-state index in [0.717, 1.165) is 11.3 Å². The quantitative estimate of drug-likeness (QED) is 0.869. The number of carbonyl (C=O) groups excluding carboxylic acids is 1. The molecule has 21 heavy (non-hydrogen) atoms. The average molecular weight is 285 g/mol. The zero-order valence-electron chi connectivity index (χ0n) is 12.5. The van der Waals surface area contributed by atoms with Crippen LogP contribution in [0.2, 0.25) is 0 Å². The van der Waals surface area contributed by atoms with Crippen LogP contribution >= 0.6 is 0 Å². The van der Waals surface area contributed by atoms with Crippen LogP contribution in [0.25, 0.3) is 0 Å². The third kappa shape index (κ3) is 2.55. The maximum absolute atomic E-state index is 12.3. The van der Waals surface area contributed by atoms with Gasteiger partial charge in [0.15, 0.2) is 5.82 Å². The molecular weight excluding hydrogens is 266 g/mol. The maximum atomic E-state index is 12.3. The van der Waals surface area contributed by atoms with E-state index in [1.165, 1.54) is 0 Å². The molecule has 110 valence electrons. The Kier molecular flexibility index (Phi) is 3.49. The standard InChI is InChI=1S/C16H19N3O2/c1-10(2)15-17-16(21-18-15)12-8-14(20)19(9-12)13-7-5-4-6-11(13)3/h4-7,10,12H,8-9H2,1-3H3. The maximum Gasteiger partial charge on any atom is 0.232 e. The minimum atomic E-state index is -0.0166. The van der Waals surface area contributed by atoms with E-state index in [1.54, 1.807) is 0 Å². The Hall–Kier alpha value is -2.17. The Labute approximate surface area is 124 Å². The summed E-state index contributed by atoms with van der Waals surface area (Å²) < 4.78 is 5.33. The molecule has 1 aliphatic heterocycles. The van der Waals surface area contributed by atoms with E-state index in [-0.39, 0.29) is 17.7 Å². The minimum Gasteiger partial charge on any atom is -0.339 e. The number of anilines is 1. The first-order valence-electron chi connectivity index (χ1n) is 7.25. The first-order chi connectivity index (χ1) is 10.1. The van der Waals surface area contributed by atoms with Gasteiger partial charge in [-0.1, -0.05) is 37.2 Å². The van der Waals surface area contributed by atoms with Crippen molar-refractivity contribution in [2.45, 2.75) is 39.0 Å². The van der Waals surface area contributed by atoms with Gasteiger partial charge >= 0.3 is 0 Å². The molecule has 1 aromatic heterocycles. The second-order valence-corrected chi connectivity index (χ2v) is 5.84. The molecule has 1 aromatic carbocycles. The Morgan fingerprint density at radius 1 is 1.33 bits per heavy atom. The summed E-state index contributed by atoms with van der Waals surface area (Å²) in [5.41, 5.74) is 2.06. The number of hydrogen-bond donors (Lipinski definition) is 0. The van der Waals surface area contributed by atoms with Crippen molar-refractivity contribution >= 4 is 11.6 Å². The molecule has 3 rings (SSSR count). The summed E-state index contributed by atoms with van der Waals surface area (Å²) in [6.45, 7) is 6.66. The first kappa shape index (κ1) is 13.8. The fourth-order valence-electron chi connectivity index (χ4n) is 2.62. The van der Waals surface area contributed by atoms with Gasteiger partial charge in [-0.15, -0.1) is 0 Å². The summed E-state index contributed by atoms with van der Waals surface area (Å²) >= 11 is 0. The molecule has 5 heteroatoms. The Morgan fingerprint density at radius 3 is 2.76 bits per heavy atom. The van der Waals surface area contributed by atoms with Crippen molar-refractivity contribution in [2.75, 3.05) is 11.4 Å². The molecule has 2 heterocycles. The van der Waals surface area contributed by atoms with Crippen LogP contribution in [-0.4, -0.2) is 22.6 Å². The second-order valence-electron chi connectivity index (χ2n) is 5.84. The van der Waals surface area contributed by atoms with Crippen molar-refractivity contribution in [3.63, 3.8) is 0 Å². The molecule has 1 unspecified atom stereocenters. The number of hydrogen-bond acceptors (Lipinski definition) is 4. The van der Waals surface area contributed by atoms with E-state index in [1.807, 2.05) is 49.9 Å².